The van der Waals surface area contributed by atoms with E-state index in [2.05, 4.69) is 26.3 Å². The highest BCUT2D eigenvalue weighted by molar-refractivity contribution is 9.10. The molecule has 1 aromatic carbocycles. The molecule has 2 rings (SSSR count). The molecule has 90 valence electrons. The largest absolute Gasteiger partial charge is 0.486 e. The van der Waals surface area contributed by atoms with Crippen LogP contribution in [0.2, 0.25) is 5.02 Å². The molecule has 0 amide bonds. The predicted octanol–water partition coefficient (Wildman–Crippen LogP) is 3.42. The molecule has 17 heavy (non-hydrogen) atoms. The Balaban J connectivity index is 2.02. The lowest BCUT2D eigenvalue weighted by Gasteiger charge is -2.06. The van der Waals surface area contributed by atoms with Crippen molar-refractivity contribution in [3.8, 4) is 5.75 Å². The number of nitrogen functional groups attached to an aromatic ring is 1. The Labute approximate surface area is 116 Å². The van der Waals surface area contributed by atoms with E-state index in [0.717, 1.165) is 9.35 Å². The van der Waals surface area contributed by atoms with Crippen molar-refractivity contribution < 1.29 is 4.74 Å². The molecule has 0 aliphatic carbocycles. The van der Waals surface area contributed by atoms with Crippen LogP contribution in [0.15, 0.2) is 28.9 Å². The van der Waals surface area contributed by atoms with Crippen molar-refractivity contribution in [3.05, 3.63) is 38.8 Å². The lowest BCUT2D eigenvalue weighted by molar-refractivity contribution is 0.309. The standard InChI is InChI=1S/C10H9BrClN3OS/c11-6-1-2-9(8(12)3-6)16-5-7-4-14-10(15-13)17-7/h1-4H,5,13H2,(H,14,15). The summed E-state index contributed by atoms with van der Waals surface area (Å²) in [5, 5.41) is 1.23. The molecule has 0 aliphatic rings. The molecule has 1 heterocycles. The summed E-state index contributed by atoms with van der Waals surface area (Å²) in [6.45, 7) is 0.417. The zero-order valence-electron chi connectivity index (χ0n) is 8.61. The van der Waals surface area contributed by atoms with E-state index in [1.54, 1.807) is 12.3 Å². The van der Waals surface area contributed by atoms with Crippen molar-refractivity contribution in [2.45, 2.75) is 6.61 Å². The van der Waals surface area contributed by atoms with Crippen molar-refractivity contribution in [2.24, 2.45) is 5.84 Å². The quantitative estimate of drug-likeness (QED) is 0.664. The number of hydrogen-bond donors (Lipinski definition) is 2. The first-order chi connectivity index (χ1) is 8.19. The van der Waals surface area contributed by atoms with Gasteiger partial charge in [0.15, 0.2) is 5.13 Å². The average Bonchev–Trinajstić information content (AvgIpc) is 2.76. The van der Waals surface area contributed by atoms with E-state index in [4.69, 9.17) is 22.2 Å². The fraction of sp³-hybridized carbons (Fsp3) is 0.100. The number of thiazole rings is 1. The molecule has 0 aliphatic heterocycles. The Morgan fingerprint density at radius 1 is 1.53 bits per heavy atom. The molecule has 1 aromatic heterocycles. The van der Waals surface area contributed by atoms with Gasteiger partial charge in [-0.05, 0) is 18.2 Å². The Kier molecular flexibility index (Phi) is 4.22. The lowest BCUT2D eigenvalue weighted by Crippen LogP contribution is -2.05. The first kappa shape index (κ1) is 12.6. The molecule has 0 atom stereocenters. The van der Waals surface area contributed by atoms with Gasteiger partial charge >= 0.3 is 0 Å². The van der Waals surface area contributed by atoms with Crippen LogP contribution >= 0.6 is 38.9 Å². The van der Waals surface area contributed by atoms with Crippen molar-refractivity contribution >= 4 is 44.0 Å². The summed E-state index contributed by atoms with van der Waals surface area (Å²) in [5.74, 6) is 5.89. The van der Waals surface area contributed by atoms with E-state index in [0.29, 0.717) is 22.5 Å². The molecule has 2 aromatic rings. The van der Waals surface area contributed by atoms with E-state index >= 15 is 0 Å². The normalized spacial score (nSPS) is 10.3. The Bertz CT molecular complexity index is 520. The third kappa shape index (κ3) is 3.32. The van der Waals surface area contributed by atoms with Gasteiger partial charge in [-0.25, -0.2) is 10.8 Å². The van der Waals surface area contributed by atoms with E-state index in [-0.39, 0.29) is 0 Å². The summed E-state index contributed by atoms with van der Waals surface area (Å²) in [7, 11) is 0. The van der Waals surface area contributed by atoms with Crippen molar-refractivity contribution in [1.29, 1.82) is 0 Å². The summed E-state index contributed by atoms with van der Waals surface area (Å²) in [5.41, 5.74) is 2.48. The second kappa shape index (κ2) is 5.68. The van der Waals surface area contributed by atoms with Crippen molar-refractivity contribution in [2.75, 3.05) is 5.43 Å². The number of nitrogens with zero attached hydrogens (tertiary/aromatic N) is 1. The zero-order chi connectivity index (χ0) is 12.3. The minimum Gasteiger partial charge on any atom is -0.486 e. The minimum absolute atomic E-state index is 0.417. The smallest absolute Gasteiger partial charge is 0.197 e. The molecular formula is C10H9BrClN3OS. The summed E-state index contributed by atoms with van der Waals surface area (Å²) in [4.78, 5) is 5.01. The predicted molar refractivity (Wildman–Crippen MR) is 73.4 cm³/mol. The van der Waals surface area contributed by atoms with Gasteiger partial charge in [-0.3, -0.25) is 5.43 Å². The molecular weight excluding hydrogens is 326 g/mol. The molecule has 0 unspecified atom stereocenters. The molecule has 0 saturated carbocycles. The number of hydrogen-bond acceptors (Lipinski definition) is 5. The highest BCUT2D eigenvalue weighted by Gasteiger charge is 2.05. The van der Waals surface area contributed by atoms with Crippen LogP contribution in [-0.4, -0.2) is 4.98 Å². The maximum Gasteiger partial charge on any atom is 0.197 e. The SMILES string of the molecule is NNc1ncc(COc2ccc(Br)cc2Cl)s1. The molecule has 0 fully saturated rings. The third-order valence-corrected chi connectivity index (χ3v) is 3.63. The number of benzene rings is 1. The van der Waals surface area contributed by atoms with Gasteiger partial charge in [-0.1, -0.05) is 38.9 Å². The molecule has 0 bridgehead atoms. The number of rotatable bonds is 4. The molecule has 0 spiro atoms. The number of aromatic nitrogens is 1. The molecule has 0 radical (unpaired) electrons. The van der Waals surface area contributed by atoms with Gasteiger partial charge in [-0.2, -0.15) is 0 Å². The number of nitrogens with one attached hydrogen (secondary N) is 1. The topological polar surface area (TPSA) is 60.2 Å². The summed E-state index contributed by atoms with van der Waals surface area (Å²) in [6, 6.07) is 5.48. The van der Waals surface area contributed by atoms with Gasteiger partial charge in [0.05, 0.1) is 9.90 Å². The van der Waals surface area contributed by atoms with E-state index in [9.17, 15) is 0 Å². The fourth-order valence-corrected chi connectivity index (χ4v) is 2.55. The maximum absolute atomic E-state index is 6.03. The highest BCUT2D eigenvalue weighted by atomic mass is 79.9. The molecule has 4 nitrogen and oxygen atoms in total. The fourth-order valence-electron chi connectivity index (χ4n) is 1.18. The number of nitrogens with two attached hydrogens (primary N) is 1. The monoisotopic (exact) mass is 333 g/mol. The Morgan fingerprint density at radius 2 is 2.35 bits per heavy atom. The number of halogens is 2. The van der Waals surface area contributed by atoms with Gasteiger partial charge in [0.1, 0.15) is 12.4 Å². The average molecular weight is 335 g/mol. The third-order valence-electron chi connectivity index (χ3n) is 1.94. The van der Waals surface area contributed by atoms with Gasteiger partial charge in [0.25, 0.3) is 0 Å². The maximum atomic E-state index is 6.03. The number of anilines is 1. The van der Waals surface area contributed by atoms with Gasteiger partial charge in [-0.15, -0.1) is 0 Å². The van der Waals surface area contributed by atoms with E-state index < -0.39 is 0 Å². The lowest BCUT2D eigenvalue weighted by atomic mass is 10.3. The Hall–Kier alpha value is -0.820. The number of hydrazine groups is 1. The second-order valence-corrected chi connectivity index (χ2v) is 5.58. The second-order valence-electron chi connectivity index (χ2n) is 3.14. The van der Waals surface area contributed by atoms with E-state index in [1.807, 2.05) is 12.1 Å². The molecule has 7 heteroatoms. The van der Waals surface area contributed by atoms with Gasteiger partial charge in [0.2, 0.25) is 0 Å². The number of ether oxygens (including phenoxy) is 1. The van der Waals surface area contributed by atoms with Gasteiger partial charge in [0, 0.05) is 10.7 Å². The first-order valence-electron chi connectivity index (χ1n) is 4.68. The van der Waals surface area contributed by atoms with Crippen LogP contribution in [0.1, 0.15) is 4.88 Å². The molecule has 0 saturated heterocycles. The van der Waals surface area contributed by atoms with Gasteiger partial charge < -0.3 is 4.74 Å². The van der Waals surface area contributed by atoms with Crippen LogP contribution < -0.4 is 16.0 Å². The first-order valence-corrected chi connectivity index (χ1v) is 6.67. The minimum atomic E-state index is 0.417. The van der Waals surface area contributed by atoms with Crippen LogP contribution in [0.4, 0.5) is 5.13 Å². The molecule has 3 N–H and O–H groups in total. The van der Waals surface area contributed by atoms with Crippen molar-refractivity contribution in [3.63, 3.8) is 0 Å². The van der Waals surface area contributed by atoms with Crippen LogP contribution in [0.25, 0.3) is 0 Å². The summed E-state index contributed by atoms with van der Waals surface area (Å²) >= 11 is 10.8. The van der Waals surface area contributed by atoms with Crippen molar-refractivity contribution in [1.82, 2.24) is 4.98 Å². The van der Waals surface area contributed by atoms with Crippen LogP contribution in [0.5, 0.6) is 5.75 Å². The zero-order valence-corrected chi connectivity index (χ0v) is 11.8. The van der Waals surface area contributed by atoms with Crippen LogP contribution in [0.3, 0.4) is 0 Å². The summed E-state index contributed by atoms with van der Waals surface area (Å²) < 4.78 is 6.50. The highest BCUT2D eigenvalue weighted by Crippen LogP contribution is 2.29. The Morgan fingerprint density at radius 3 is 3.00 bits per heavy atom. The van der Waals surface area contributed by atoms with Crippen LogP contribution in [-0.2, 0) is 6.61 Å². The summed E-state index contributed by atoms with van der Waals surface area (Å²) in [6.07, 6.45) is 1.71. The van der Waals surface area contributed by atoms with E-state index in [1.165, 1.54) is 11.3 Å². The van der Waals surface area contributed by atoms with Crippen LogP contribution in [0, 0.1) is 0 Å².